The Hall–Kier alpha value is -4.34. The molecule has 1 fully saturated rings. The Bertz CT molecular complexity index is 1280. The zero-order valence-electron chi connectivity index (χ0n) is 20.3. The number of hydrogen-bond acceptors (Lipinski definition) is 6. The van der Waals surface area contributed by atoms with E-state index in [0.29, 0.717) is 74.1 Å². The molecule has 3 heterocycles. The molecule has 0 aliphatic carbocycles. The normalized spacial score (nSPS) is 14.4. The van der Waals surface area contributed by atoms with Gasteiger partial charge in [-0.25, -0.2) is 14.2 Å². The lowest BCUT2D eigenvalue weighted by Crippen LogP contribution is -2.52. The minimum atomic E-state index is -0.267. The molecule has 10 heteroatoms. The van der Waals surface area contributed by atoms with E-state index in [-0.39, 0.29) is 24.5 Å². The largest absolute Gasteiger partial charge is 0.454 e. The molecule has 0 saturated carbocycles. The number of aromatic nitrogens is 1. The van der Waals surface area contributed by atoms with E-state index in [2.05, 4.69) is 15.6 Å². The SMILES string of the molecule is O=C(NCc1ccc2c(c1)OCO2)c1cccnc1N1CCN(C(=O)NCCc2ccccc2F)CC1. The highest BCUT2D eigenvalue weighted by Gasteiger charge is 2.25. The Labute approximate surface area is 214 Å². The average Bonchev–Trinajstić information content (AvgIpc) is 3.41. The Morgan fingerprint density at radius 2 is 1.76 bits per heavy atom. The third-order valence-corrected chi connectivity index (χ3v) is 6.42. The fraction of sp³-hybridized carbons (Fsp3) is 0.296. The predicted molar refractivity (Wildman–Crippen MR) is 135 cm³/mol. The number of pyridine rings is 1. The van der Waals surface area contributed by atoms with Gasteiger partial charge in [0.1, 0.15) is 11.6 Å². The molecule has 1 saturated heterocycles. The number of nitrogens with one attached hydrogen (secondary N) is 2. The van der Waals surface area contributed by atoms with Crippen LogP contribution in [0, 0.1) is 5.82 Å². The van der Waals surface area contributed by atoms with E-state index >= 15 is 0 Å². The number of fused-ring (bicyclic) bond motifs is 1. The lowest BCUT2D eigenvalue weighted by molar-refractivity contribution is 0.0950. The van der Waals surface area contributed by atoms with Gasteiger partial charge in [0.2, 0.25) is 6.79 Å². The van der Waals surface area contributed by atoms with Gasteiger partial charge in [-0.3, -0.25) is 4.79 Å². The molecule has 2 N–H and O–H groups in total. The number of carbonyl (C=O) groups is 2. The highest BCUT2D eigenvalue weighted by Crippen LogP contribution is 2.32. The van der Waals surface area contributed by atoms with E-state index in [1.807, 2.05) is 23.1 Å². The number of carbonyl (C=O) groups excluding carboxylic acids is 2. The summed E-state index contributed by atoms with van der Waals surface area (Å²) in [6.45, 7) is 2.95. The first-order chi connectivity index (χ1) is 18.1. The number of hydrogen-bond donors (Lipinski definition) is 2. The first-order valence-corrected chi connectivity index (χ1v) is 12.2. The summed E-state index contributed by atoms with van der Waals surface area (Å²) in [5, 5.41) is 5.82. The fourth-order valence-corrected chi connectivity index (χ4v) is 4.39. The van der Waals surface area contributed by atoms with Crippen LogP contribution in [0.2, 0.25) is 0 Å². The van der Waals surface area contributed by atoms with E-state index in [0.717, 1.165) is 5.56 Å². The van der Waals surface area contributed by atoms with Gasteiger partial charge in [-0.15, -0.1) is 0 Å². The summed E-state index contributed by atoms with van der Waals surface area (Å²) in [5.41, 5.74) is 1.95. The minimum Gasteiger partial charge on any atom is -0.454 e. The summed E-state index contributed by atoms with van der Waals surface area (Å²) in [5.74, 6) is 1.46. The zero-order chi connectivity index (χ0) is 25.6. The van der Waals surface area contributed by atoms with Gasteiger partial charge in [0.15, 0.2) is 11.5 Å². The number of piperazine rings is 1. The molecule has 1 aromatic heterocycles. The number of ether oxygens (including phenoxy) is 2. The van der Waals surface area contributed by atoms with Crippen molar-refractivity contribution in [3.8, 4) is 11.5 Å². The van der Waals surface area contributed by atoms with E-state index in [1.165, 1.54) is 6.07 Å². The smallest absolute Gasteiger partial charge is 0.317 e. The maximum absolute atomic E-state index is 13.8. The molecule has 0 bridgehead atoms. The number of amides is 3. The van der Waals surface area contributed by atoms with E-state index < -0.39 is 0 Å². The molecule has 2 aromatic carbocycles. The van der Waals surface area contributed by atoms with Crippen LogP contribution in [-0.4, -0.2) is 61.3 Å². The maximum Gasteiger partial charge on any atom is 0.317 e. The van der Waals surface area contributed by atoms with Gasteiger partial charge in [-0.2, -0.15) is 0 Å². The van der Waals surface area contributed by atoms with Crippen molar-refractivity contribution < 1.29 is 23.5 Å². The van der Waals surface area contributed by atoms with Crippen molar-refractivity contribution in [1.82, 2.24) is 20.5 Å². The van der Waals surface area contributed by atoms with Crippen LogP contribution >= 0.6 is 0 Å². The molecule has 3 amide bonds. The molecule has 0 atom stereocenters. The molecule has 2 aliphatic rings. The molecule has 192 valence electrons. The lowest BCUT2D eigenvalue weighted by Gasteiger charge is -2.36. The number of anilines is 1. The minimum absolute atomic E-state index is 0.182. The number of nitrogens with zero attached hydrogens (tertiary/aromatic N) is 3. The quantitative estimate of drug-likeness (QED) is 0.513. The van der Waals surface area contributed by atoms with Crippen LogP contribution in [0.1, 0.15) is 21.5 Å². The van der Waals surface area contributed by atoms with Crippen LogP contribution in [-0.2, 0) is 13.0 Å². The third kappa shape index (κ3) is 5.74. The molecule has 37 heavy (non-hydrogen) atoms. The second-order valence-electron chi connectivity index (χ2n) is 8.79. The van der Waals surface area contributed by atoms with Crippen molar-refractivity contribution >= 4 is 17.8 Å². The summed E-state index contributed by atoms with van der Waals surface area (Å²) in [4.78, 5) is 33.8. The summed E-state index contributed by atoms with van der Waals surface area (Å²) in [6, 6.07) is 15.4. The third-order valence-electron chi connectivity index (χ3n) is 6.42. The molecule has 0 radical (unpaired) electrons. The van der Waals surface area contributed by atoms with Gasteiger partial charge < -0.3 is 29.9 Å². The van der Waals surface area contributed by atoms with Crippen molar-refractivity contribution in [2.75, 3.05) is 44.4 Å². The lowest BCUT2D eigenvalue weighted by atomic mass is 10.1. The Morgan fingerprint density at radius 3 is 2.59 bits per heavy atom. The average molecular weight is 506 g/mol. The molecule has 9 nitrogen and oxygen atoms in total. The van der Waals surface area contributed by atoms with Crippen LogP contribution in [0.4, 0.5) is 15.0 Å². The van der Waals surface area contributed by atoms with Gasteiger partial charge in [-0.05, 0) is 47.9 Å². The topological polar surface area (TPSA) is 96.0 Å². The van der Waals surface area contributed by atoms with Crippen molar-refractivity contribution in [3.05, 3.63) is 83.3 Å². The Kier molecular flexibility index (Phi) is 7.34. The zero-order valence-corrected chi connectivity index (χ0v) is 20.3. The van der Waals surface area contributed by atoms with Gasteiger partial charge >= 0.3 is 6.03 Å². The van der Waals surface area contributed by atoms with Crippen molar-refractivity contribution in [2.24, 2.45) is 0 Å². The Balaban J connectivity index is 1.13. The molecule has 2 aliphatic heterocycles. The van der Waals surface area contributed by atoms with Crippen LogP contribution in [0.3, 0.4) is 0 Å². The maximum atomic E-state index is 13.8. The van der Waals surface area contributed by atoms with Gasteiger partial charge in [0, 0.05) is 45.5 Å². The monoisotopic (exact) mass is 505 g/mol. The number of halogens is 1. The van der Waals surface area contributed by atoms with Crippen LogP contribution in [0.15, 0.2) is 60.8 Å². The van der Waals surface area contributed by atoms with E-state index in [1.54, 1.807) is 41.4 Å². The van der Waals surface area contributed by atoms with Crippen molar-refractivity contribution in [2.45, 2.75) is 13.0 Å². The van der Waals surface area contributed by atoms with E-state index in [9.17, 15) is 14.0 Å². The fourth-order valence-electron chi connectivity index (χ4n) is 4.39. The molecule has 3 aromatic rings. The predicted octanol–water partition coefficient (Wildman–Crippen LogP) is 2.95. The first-order valence-electron chi connectivity index (χ1n) is 12.2. The van der Waals surface area contributed by atoms with Crippen LogP contribution in [0.25, 0.3) is 0 Å². The summed E-state index contributed by atoms with van der Waals surface area (Å²) < 4.78 is 24.5. The molecular formula is C27H28FN5O4. The van der Waals surface area contributed by atoms with Crippen LogP contribution in [0.5, 0.6) is 11.5 Å². The van der Waals surface area contributed by atoms with Gasteiger partial charge in [-0.1, -0.05) is 24.3 Å². The van der Waals surface area contributed by atoms with E-state index in [4.69, 9.17) is 9.47 Å². The van der Waals surface area contributed by atoms with Gasteiger partial charge in [0.05, 0.1) is 5.56 Å². The van der Waals surface area contributed by atoms with Crippen LogP contribution < -0.4 is 25.0 Å². The second-order valence-corrected chi connectivity index (χ2v) is 8.79. The summed E-state index contributed by atoms with van der Waals surface area (Å²) in [7, 11) is 0. The highest BCUT2D eigenvalue weighted by molar-refractivity contribution is 5.98. The summed E-state index contributed by atoms with van der Waals surface area (Å²) >= 11 is 0. The highest BCUT2D eigenvalue weighted by atomic mass is 19.1. The number of rotatable bonds is 7. The number of benzene rings is 2. The molecular weight excluding hydrogens is 477 g/mol. The van der Waals surface area contributed by atoms with Gasteiger partial charge in [0.25, 0.3) is 5.91 Å². The van der Waals surface area contributed by atoms with Crippen molar-refractivity contribution in [1.29, 1.82) is 0 Å². The second kappa shape index (κ2) is 11.2. The molecule has 5 rings (SSSR count). The molecule has 0 unspecified atom stereocenters. The van der Waals surface area contributed by atoms with Crippen molar-refractivity contribution in [3.63, 3.8) is 0 Å². The molecule has 0 spiro atoms. The summed E-state index contributed by atoms with van der Waals surface area (Å²) in [6.07, 6.45) is 2.09. The first kappa shape index (κ1) is 24.4. The standard InChI is InChI=1S/C27H28FN5O4/c28-22-6-2-1-4-20(22)9-11-30-27(35)33-14-12-32(13-15-33)25-21(5-3-10-29-25)26(34)31-17-19-7-8-23-24(16-19)37-18-36-23/h1-8,10,16H,9,11-15,17-18H2,(H,30,35)(H,31,34). The Morgan fingerprint density at radius 1 is 0.946 bits per heavy atom. The number of urea groups is 1.